The Morgan fingerprint density at radius 3 is 2.56 bits per heavy atom. The predicted octanol–water partition coefficient (Wildman–Crippen LogP) is 1.70. The summed E-state index contributed by atoms with van der Waals surface area (Å²) in [4.78, 5) is 14.0. The second kappa shape index (κ2) is 5.29. The van der Waals surface area contributed by atoms with Gasteiger partial charge in [-0.25, -0.2) is 5.43 Å². The number of hydrogen-bond donors (Lipinski definition) is 2. The minimum Gasteiger partial charge on any atom is -0.288 e. The summed E-state index contributed by atoms with van der Waals surface area (Å²) in [7, 11) is 0. The molecule has 0 amide bonds. The largest absolute Gasteiger partial charge is 0.288 e. The van der Waals surface area contributed by atoms with Crippen LogP contribution in [0.2, 0.25) is 0 Å². The van der Waals surface area contributed by atoms with Gasteiger partial charge in [0.1, 0.15) is 5.69 Å². The average Bonchev–Trinajstić information content (AvgIpc) is 2.33. The van der Waals surface area contributed by atoms with Gasteiger partial charge in [0.2, 0.25) is 5.95 Å². The zero-order valence-corrected chi connectivity index (χ0v) is 11.0. The summed E-state index contributed by atoms with van der Waals surface area (Å²) in [5, 5.41) is 12.0. The van der Waals surface area contributed by atoms with E-state index in [0.717, 1.165) is 5.71 Å². The molecule has 2 atom stereocenters. The number of nitrogens with one attached hydrogen (secondary N) is 2. The van der Waals surface area contributed by atoms with E-state index in [1.807, 2.05) is 0 Å². The van der Waals surface area contributed by atoms with Crippen LogP contribution in [0.4, 0.5) is 5.95 Å². The van der Waals surface area contributed by atoms with Crippen LogP contribution >= 0.6 is 0 Å². The van der Waals surface area contributed by atoms with Gasteiger partial charge in [0.05, 0.1) is 0 Å². The molecular weight excluding hydrogens is 230 g/mol. The molecule has 0 unspecified atom stereocenters. The van der Waals surface area contributed by atoms with Crippen molar-refractivity contribution < 1.29 is 0 Å². The van der Waals surface area contributed by atoms with Crippen LogP contribution in [-0.2, 0) is 0 Å². The maximum absolute atomic E-state index is 11.4. The summed E-state index contributed by atoms with van der Waals surface area (Å²) < 4.78 is 0. The van der Waals surface area contributed by atoms with Crippen LogP contribution < -0.4 is 11.0 Å². The lowest BCUT2D eigenvalue weighted by Crippen LogP contribution is -2.26. The summed E-state index contributed by atoms with van der Waals surface area (Å²) in [6.45, 7) is 5.98. The molecule has 1 aromatic rings. The van der Waals surface area contributed by atoms with Crippen molar-refractivity contribution in [3.8, 4) is 0 Å². The number of hydrogen-bond acceptors (Lipinski definition) is 5. The molecule has 1 aromatic heterocycles. The fourth-order valence-electron chi connectivity index (χ4n) is 2.29. The molecule has 0 aromatic carbocycles. The lowest BCUT2D eigenvalue weighted by molar-refractivity contribution is 0.486. The number of aromatic amines is 1. The van der Waals surface area contributed by atoms with Gasteiger partial charge in [-0.2, -0.15) is 5.10 Å². The van der Waals surface area contributed by atoms with Crippen molar-refractivity contribution in [1.29, 1.82) is 0 Å². The van der Waals surface area contributed by atoms with Crippen molar-refractivity contribution in [2.24, 2.45) is 16.9 Å². The molecule has 2 rings (SSSR count). The topological polar surface area (TPSA) is 83.0 Å². The number of nitrogens with zero attached hydrogens (tertiary/aromatic N) is 3. The quantitative estimate of drug-likeness (QED) is 0.781. The van der Waals surface area contributed by atoms with Crippen LogP contribution in [0.25, 0.3) is 0 Å². The molecule has 2 N–H and O–H groups in total. The Labute approximate surface area is 106 Å². The van der Waals surface area contributed by atoms with Crippen LogP contribution in [0.5, 0.6) is 0 Å². The van der Waals surface area contributed by atoms with Gasteiger partial charge in [-0.15, -0.1) is 10.2 Å². The van der Waals surface area contributed by atoms with Crippen molar-refractivity contribution in [3.63, 3.8) is 0 Å². The molecule has 0 aliphatic heterocycles. The van der Waals surface area contributed by atoms with Crippen LogP contribution in [-0.4, -0.2) is 20.9 Å². The van der Waals surface area contributed by atoms with E-state index in [2.05, 4.69) is 39.6 Å². The maximum atomic E-state index is 11.4. The highest BCUT2D eigenvalue weighted by molar-refractivity contribution is 5.89. The molecule has 1 saturated carbocycles. The molecule has 0 saturated heterocycles. The van der Waals surface area contributed by atoms with Crippen molar-refractivity contribution in [2.45, 2.75) is 40.0 Å². The SMILES string of the molecule is Cc1nnc(NN=C2[C@H](C)CCC[C@H]2C)[nH]c1=O. The van der Waals surface area contributed by atoms with E-state index in [1.165, 1.54) is 19.3 Å². The highest BCUT2D eigenvalue weighted by atomic mass is 16.1. The van der Waals surface area contributed by atoms with Crippen LogP contribution in [0, 0.1) is 18.8 Å². The van der Waals surface area contributed by atoms with E-state index in [4.69, 9.17) is 0 Å². The number of hydrazone groups is 1. The first-order chi connectivity index (χ1) is 8.58. The van der Waals surface area contributed by atoms with Gasteiger partial charge in [0.15, 0.2) is 0 Å². The fraction of sp³-hybridized carbons (Fsp3) is 0.667. The monoisotopic (exact) mass is 249 g/mol. The predicted molar refractivity (Wildman–Crippen MR) is 70.6 cm³/mol. The minimum absolute atomic E-state index is 0.238. The number of rotatable bonds is 2. The Balaban J connectivity index is 2.13. The first kappa shape index (κ1) is 12.7. The molecule has 0 radical (unpaired) electrons. The molecule has 6 nitrogen and oxygen atoms in total. The van der Waals surface area contributed by atoms with Crippen molar-refractivity contribution in [3.05, 3.63) is 16.0 Å². The molecule has 0 spiro atoms. The summed E-state index contributed by atoms with van der Waals surface area (Å²) in [6, 6.07) is 0. The van der Waals surface area contributed by atoms with Crippen LogP contribution in [0.1, 0.15) is 38.8 Å². The Morgan fingerprint density at radius 2 is 1.94 bits per heavy atom. The molecule has 18 heavy (non-hydrogen) atoms. The highest BCUT2D eigenvalue weighted by Crippen LogP contribution is 2.26. The van der Waals surface area contributed by atoms with Gasteiger partial charge >= 0.3 is 0 Å². The van der Waals surface area contributed by atoms with Gasteiger partial charge in [0.25, 0.3) is 5.56 Å². The Morgan fingerprint density at radius 1 is 1.28 bits per heavy atom. The van der Waals surface area contributed by atoms with E-state index in [-0.39, 0.29) is 5.56 Å². The van der Waals surface area contributed by atoms with E-state index in [0.29, 0.717) is 23.5 Å². The second-order valence-corrected chi connectivity index (χ2v) is 4.97. The molecule has 0 bridgehead atoms. The smallest absolute Gasteiger partial charge is 0.274 e. The molecule has 1 fully saturated rings. The van der Waals surface area contributed by atoms with E-state index < -0.39 is 0 Å². The van der Waals surface area contributed by atoms with Crippen molar-refractivity contribution in [2.75, 3.05) is 5.43 Å². The van der Waals surface area contributed by atoms with Crippen molar-refractivity contribution >= 4 is 11.7 Å². The first-order valence-electron chi connectivity index (χ1n) is 6.35. The molecule has 1 aliphatic rings. The van der Waals surface area contributed by atoms with Crippen molar-refractivity contribution in [1.82, 2.24) is 15.2 Å². The number of H-pyrrole nitrogens is 1. The van der Waals surface area contributed by atoms with Crippen LogP contribution in [0.3, 0.4) is 0 Å². The highest BCUT2D eigenvalue weighted by Gasteiger charge is 2.22. The number of anilines is 1. The third-order valence-corrected chi connectivity index (χ3v) is 3.44. The van der Waals surface area contributed by atoms with Gasteiger partial charge in [-0.1, -0.05) is 20.3 Å². The fourth-order valence-corrected chi connectivity index (χ4v) is 2.29. The third-order valence-electron chi connectivity index (χ3n) is 3.44. The molecule has 1 heterocycles. The second-order valence-electron chi connectivity index (χ2n) is 4.97. The van der Waals surface area contributed by atoms with Gasteiger partial charge in [0, 0.05) is 5.71 Å². The summed E-state index contributed by atoms with van der Waals surface area (Å²) in [6.07, 6.45) is 3.59. The van der Waals surface area contributed by atoms with Gasteiger partial charge in [-0.3, -0.25) is 9.78 Å². The number of aromatic nitrogens is 3. The number of aryl methyl sites for hydroxylation is 1. The summed E-state index contributed by atoms with van der Waals surface area (Å²) in [5.74, 6) is 1.25. The van der Waals surface area contributed by atoms with Gasteiger partial charge < -0.3 is 0 Å². The standard InChI is InChI=1S/C12H19N5O/c1-7-5-4-6-8(2)10(7)15-17-12-13-11(18)9(3)14-16-12/h7-8H,4-6H2,1-3H3,(H2,13,16,17,18)/t7-,8-/m1/s1. The normalized spacial score (nSPS) is 23.8. The molecule has 6 heteroatoms. The van der Waals surface area contributed by atoms with E-state index in [1.54, 1.807) is 6.92 Å². The molecule has 98 valence electrons. The van der Waals surface area contributed by atoms with E-state index in [9.17, 15) is 4.79 Å². The zero-order chi connectivity index (χ0) is 13.1. The zero-order valence-electron chi connectivity index (χ0n) is 11.0. The maximum Gasteiger partial charge on any atom is 0.274 e. The average molecular weight is 249 g/mol. The third kappa shape index (κ3) is 2.75. The summed E-state index contributed by atoms with van der Waals surface area (Å²) in [5.41, 5.74) is 4.06. The Hall–Kier alpha value is -1.72. The minimum atomic E-state index is -0.238. The Bertz CT molecular complexity index is 495. The first-order valence-corrected chi connectivity index (χ1v) is 6.35. The lowest BCUT2D eigenvalue weighted by Gasteiger charge is -2.26. The molecular formula is C12H19N5O. The summed E-state index contributed by atoms with van der Waals surface area (Å²) >= 11 is 0. The van der Waals surface area contributed by atoms with Gasteiger partial charge in [-0.05, 0) is 31.6 Å². The molecule has 1 aliphatic carbocycles. The lowest BCUT2D eigenvalue weighted by atomic mass is 9.81. The van der Waals surface area contributed by atoms with Crippen LogP contribution in [0.15, 0.2) is 9.90 Å². The van der Waals surface area contributed by atoms with E-state index >= 15 is 0 Å². The Kier molecular flexibility index (Phi) is 3.74.